The SMILES string of the molecule is CCC(=O)NCc1cc2ccccn2n1. The fraction of sp³-hybridized carbons (Fsp3) is 0.273. The first kappa shape index (κ1) is 9.71. The molecule has 2 aromatic rings. The molecule has 0 aliphatic heterocycles. The molecule has 0 radical (unpaired) electrons. The molecule has 4 nitrogen and oxygen atoms in total. The monoisotopic (exact) mass is 203 g/mol. The van der Waals surface area contributed by atoms with Crippen LogP contribution < -0.4 is 5.32 Å². The summed E-state index contributed by atoms with van der Waals surface area (Å²) in [5.41, 5.74) is 1.92. The molecule has 1 amide bonds. The molecule has 4 heteroatoms. The predicted molar refractivity (Wildman–Crippen MR) is 57.3 cm³/mol. The van der Waals surface area contributed by atoms with E-state index in [0.29, 0.717) is 13.0 Å². The van der Waals surface area contributed by atoms with E-state index in [1.165, 1.54) is 0 Å². The Bertz CT molecular complexity index is 442. The van der Waals surface area contributed by atoms with E-state index in [2.05, 4.69) is 10.4 Å². The number of carbonyl (C=O) groups is 1. The lowest BCUT2D eigenvalue weighted by atomic mass is 10.3. The molecular weight excluding hydrogens is 190 g/mol. The average Bonchev–Trinajstić information content (AvgIpc) is 2.68. The van der Waals surface area contributed by atoms with Crippen molar-refractivity contribution in [2.45, 2.75) is 19.9 Å². The quantitative estimate of drug-likeness (QED) is 0.818. The van der Waals surface area contributed by atoms with E-state index in [9.17, 15) is 4.79 Å². The normalized spacial score (nSPS) is 10.5. The molecule has 0 aromatic carbocycles. The summed E-state index contributed by atoms with van der Waals surface area (Å²) in [5.74, 6) is 0.0482. The Morgan fingerprint density at radius 3 is 3.13 bits per heavy atom. The molecule has 15 heavy (non-hydrogen) atoms. The highest BCUT2D eigenvalue weighted by Gasteiger charge is 2.02. The van der Waals surface area contributed by atoms with E-state index in [1.807, 2.05) is 37.4 Å². The van der Waals surface area contributed by atoms with Crippen LogP contribution in [0, 0.1) is 0 Å². The summed E-state index contributed by atoms with van der Waals surface area (Å²) in [7, 11) is 0. The summed E-state index contributed by atoms with van der Waals surface area (Å²) in [6.45, 7) is 2.33. The molecule has 2 rings (SSSR count). The smallest absolute Gasteiger partial charge is 0.220 e. The number of fused-ring (bicyclic) bond motifs is 1. The maximum atomic E-state index is 11.1. The highest BCUT2D eigenvalue weighted by molar-refractivity contribution is 5.75. The Kier molecular flexibility index (Phi) is 2.67. The van der Waals surface area contributed by atoms with Gasteiger partial charge in [0.25, 0.3) is 0 Å². The second-order valence-corrected chi connectivity index (χ2v) is 3.34. The van der Waals surface area contributed by atoms with Crippen LogP contribution in [0.3, 0.4) is 0 Å². The van der Waals surface area contributed by atoms with Crippen LogP contribution in [0.2, 0.25) is 0 Å². The standard InChI is InChI=1S/C11H13N3O/c1-2-11(15)12-8-9-7-10-5-3-4-6-14(10)13-9/h3-7H,2,8H2,1H3,(H,12,15). The second kappa shape index (κ2) is 4.13. The van der Waals surface area contributed by atoms with Gasteiger partial charge in [-0.05, 0) is 18.2 Å². The van der Waals surface area contributed by atoms with E-state index in [4.69, 9.17) is 0 Å². The number of hydrogen-bond donors (Lipinski definition) is 1. The Labute approximate surface area is 87.9 Å². The van der Waals surface area contributed by atoms with Crippen LogP contribution in [0.1, 0.15) is 19.0 Å². The second-order valence-electron chi connectivity index (χ2n) is 3.34. The zero-order valence-corrected chi connectivity index (χ0v) is 8.60. The maximum absolute atomic E-state index is 11.1. The fourth-order valence-electron chi connectivity index (χ4n) is 1.39. The molecule has 0 spiro atoms. The molecule has 0 saturated heterocycles. The van der Waals surface area contributed by atoms with Crippen LogP contribution >= 0.6 is 0 Å². The lowest BCUT2D eigenvalue weighted by Gasteiger charge is -1.98. The Hall–Kier alpha value is -1.84. The lowest BCUT2D eigenvalue weighted by Crippen LogP contribution is -2.21. The number of amides is 1. The number of pyridine rings is 1. The zero-order chi connectivity index (χ0) is 10.7. The van der Waals surface area contributed by atoms with Gasteiger partial charge < -0.3 is 5.32 Å². The van der Waals surface area contributed by atoms with Crippen molar-refractivity contribution in [1.29, 1.82) is 0 Å². The van der Waals surface area contributed by atoms with Gasteiger partial charge in [-0.15, -0.1) is 0 Å². The van der Waals surface area contributed by atoms with Crippen molar-refractivity contribution in [2.24, 2.45) is 0 Å². The summed E-state index contributed by atoms with van der Waals surface area (Å²) >= 11 is 0. The maximum Gasteiger partial charge on any atom is 0.220 e. The van der Waals surface area contributed by atoms with Crippen molar-refractivity contribution in [1.82, 2.24) is 14.9 Å². The van der Waals surface area contributed by atoms with Crippen molar-refractivity contribution in [3.63, 3.8) is 0 Å². The summed E-state index contributed by atoms with van der Waals surface area (Å²) in [5, 5.41) is 7.12. The van der Waals surface area contributed by atoms with E-state index in [0.717, 1.165) is 11.2 Å². The summed E-state index contributed by atoms with van der Waals surface area (Å²) < 4.78 is 1.80. The van der Waals surface area contributed by atoms with Gasteiger partial charge in [0.1, 0.15) is 0 Å². The number of rotatable bonds is 3. The van der Waals surface area contributed by atoms with E-state index < -0.39 is 0 Å². The molecule has 0 aliphatic rings. The summed E-state index contributed by atoms with van der Waals surface area (Å²) in [4.78, 5) is 11.1. The van der Waals surface area contributed by atoms with Crippen molar-refractivity contribution in [3.05, 3.63) is 36.2 Å². The molecule has 0 unspecified atom stereocenters. The largest absolute Gasteiger partial charge is 0.350 e. The molecule has 2 aromatic heterocycles. The molecule has 0 saturated carbocycles. The zero-order valence-electron chi connectivity index (χ0n) is 8.60. The third kappa shape index (κ3) is 2.15. The lowest BCUT2D eigenvalue weighted by molar-refractivity contribution is -0.120. The minimum atomic E-state index is 0.0482. The van der Waals surface area contributed by atoms with Crippen LogP contribution in [0.4, 0.5) is 0 Å². The Balaban J connectivity index is 2.12. The van der Waals surface area contributed by atoms with Gasteiger partial charge in [0, 0.05) is 12.6 Å². The first-order valence-electron chi connectivity index (χ1n) is 4.99. The minimum Gasteiger partial charge on any atom is -0.350 e. The fourth-order valence-corrected chi connectivity index (χ4v) is 1.39. The van der Waals surface area contributed by atoms with Crippen LogP contribution in [0.5, 0.6) is 0 Å². The molecule has 0 aliphatic carbocycles. The topological polar surface area (TPSA) is 46.4 Å². The van der Waals surface area contributed by atoms with E-state index in [-0.39, 0.29) is 5.91 Å². The first-order valence-corrected chi connectivity index (χ1v) is 4.99. The van der Waals surface area contributed by atoms with E-state index >= 15 is 0 Å². The molecular formula is C11H13N3O. The number of nitrogens with one attached hydrogen (secondary N) is 1. The van der Waals surface area contributed by atoms with Gasteiger partial charge in [0.2, 0.25) is 5.91 Å². The van der Waals surface area contributed by atoms with Crippen molar-refractivity contribution in [2.75, 3.05) is 0 Å². The van der Waals surface area contributed by atoms with Gasteiger partial charge in [0.15, 0.2) is 0 Å². The number of nitrogens with zero attached hydrogens (tertiary/aromatic N) is 2. The third-order valence-corrected chi connectivity index (χ3v) is 2.21. The van der Waals surface area contributed by atoms with Gasteiger partial charge >= 0.3 is 0 Å². The average molecular weight is 203 g/mol. The molecule has 0 fully saturated rings. The Morgan fingerprint density at radius 1 is 1.53 bits per heavy atom. The number of hydrogen-bond acceptors (Lipinski definition) is 2. The van der Waals surface area contributed by atoms with Gasteiger partial charge in [-0.3, -0.25) is 4.79 Å². The van der Waals surface area contributed by atoms with Gasteiger partial charge in [-0.2, -0.15) is 5.10 Å². The molecule has 2 heterocycles. The first-order chi connectivity index (χ1) is 7.29. The van der Waals surface area contributed by atoms with Gasteiger partial charge in [-0.25, -0.2) is 4.52 Å². The number of aromatic nitrogens is 2. The minimum absolute atomic E-state index is 0.0482. The van der Waals surface area contributed by atoms with Gasteiger partial charge in [-0.1, -0.05) is 13.0 Å². The number of carbonyl (C=O) groups excluding carboxylic acids is 1. The van der Waals surface area contributed by atoms with Crippen LogP contribution in [0.15, 0.2) is 30.5 Å². The van der Waals surface area contributed by atoms with Crippen molar-refractivity contribution in [3.8, 4) is 0 Å². The van der Waals surface area contributed by atoms with Crippen LogP contribution in [0.25, 0.3) is 5.52 Å². The van der Waals surface area contributed by atoms with Crippen molar-refractivity contribution < 1.29 is 4.79 Å². The van der Waals surface area contributed by atoms with E-state index in [1.54, 1.807) is 4.52 Å². The van der Waals surface area contributed by atoms with Crippen LogP contribution in [-0.4, -0.2) is 15.5 Å². The Morgan fingerprint density at radius 2 is 2.40 bits per heavy atom. The van der Waals surface area contributed by atoms with Crippen LogP contribution in [-0.2, 0) is 11.3 Å². The summed E-state index contributed by atoms with van der Waals surface area (Å²) in [6.07, 6.45) is 2.40. The van der Waals surface area contributed by atoms with Crippen molar-refractivity contribution >= 4 is 11.4 Å². The molecule has 78 valence electrons. The molecule has 0 atom stereocenters. The highest BCUT2D eigenvalue weighted by atomic mass is 16.1. The predicted octanol–water partition coefficient (Wildman–Crippen LogP) is 1.36. The highest BCUT2D eigenvalue weighted by Crippen LogP contribution is 2.05. The third-order valence-electron chi connectivity index (χ3n) is 2.21. The summed E-state index contributed by atoms with van der Waals surface area (Å²) in [6, 6.07) is 7.84. The van der Waals surface area contributed by atoms with Gasteiger partial charge in [0.05, 0.1) is 17.8 Å². The molecule has 1 N–H and O–H groups in total. The molecule has 0 bridgehead atoms.